The van der Waals surface area contributed by atoms with Crippen LogP contribution >= 0.6 is 23.6 Å². The third-order valence-electron chi connectivity index (χ3n) is 6.54. The van der Waals surface area contributed by atoms with E-state index < -0.39 is 0 Å². The zero-order chi connectivity index (χ0) is 24.6. The van der Waals surface area contributed by atoms with Gasteiger partial charge in [0.1, 0.15) is 5.69 Å². The molecule has 1 aliphatic heterocycles. The fourth-order valence-electron chi connectivity index (χ4n) is 4.34. The Balaban J connectivity index is 1.37. The molecule has 1 fully saturated rings. The SMILES string of the molecule is CCCCNC(=S)N1CCC(c2nc(C(=O)Nc3ccccc3-c3ccc(CC)cc3)cs2)CC1. The van der Waals surface area contributed by atoms with Gasteiger partial charge in [-0.1, -0.05) is 62.7 Å². The summed E-state index contributed by atoms with van der Waals surface area (Å²) in [4.78, 5) is 20.0. The molecule has 7 heteroatoms. The van der Waals surface area contributed by atoms with Crippen LogP contribution in [0.2, 0.25) is 0 Å². The zero-order valence-electron chi connectivity index (χ0n) is 20.5. The number of rotatable bonds is 8. The predicted molar refractivity (Wildman–Crippen MR) is 150 cm³/mol. The summed E-state index contributed by atoms with van der Waals surface area (Å²) in [6, 6.07) is 16.4. The van der Waals surface area contributed by atoms with E-state index in [9.17, 15) is 4.79 Å². The number of benzene rings is 2. The lowest BCUT2D eigenvalue weighted by Gasteiger charge is -2.33. The highest BCUT2D eigenvalue weighted by Crippen LogP contribution is 2.32. The number of hydrogen-bond acceptors (Lipinski definition) is 4. The number of likely N-dealkylation sites (tertiary alicyclic amines) is 1. The Morgan fingerprint density at radius 1 is 1.11 bits per heavy atom. The highest BCUT2D eigenvalue weighted by atomic mass is 32.1. The molecule has 2 aromatic carbocycles. The van der Waals surface area contributed by atoms with Gasteiger partial charge in [-0.15, -0.1) is 11.3 Å². The summed E-state index contributed by atoms with van der Waals surface area (Å²) in [5, 5.41) is 10.2. The first-order chi connectivity index (χ1) is 17.1. The molecule has 1 aromatic heterocycles. The smallest absolute Gasteiger partial charge is 0.275 e. The molecule has 0 atom stereocenters. The number of hydrogen-bond donors (Lipinski definition) is 2. The van der Waals surface area contributed by atoms with E-state index in [1.165, 1.54) is 5.56 Å². The molecular formula is C28H34N4OS2. The summed E-state index contributed by atoms with van der Waals surface area (Å²) in [6.45, 7) is 7.12. The van der Waals surface area contributed by atoms with Gasteiger partial charge in [-0.3, -0.25) is 4.79 Å². The maximum absolute atomic E-state index is 13.1. The first-order valence-electron chi connectivity index (χ1n) is 12.6. The molecule has 0 unspecified atom stereocenters. The van der Waals surface area contributed by atoms with Crippen molar-refractivity contribution >= 4 is 40.3 Å². The van der Waals surface area contributed by atoms with Gasteiger partial charge in [0.05, 0.1) is 5.01 Å². The third-order valence-corrected chi connectivity index (χ3v) is 7.95. The Kier molecular flexibility index (Phi) is 8.88. The molecule has 1 amide bonds. The monoisotopic (exact) mass is 506 g/mol. The Hall–Kier alpha value is -2.77. The minimum atomic E-state index is -0.163. The van der Waals surface area contributed by atoms with Gasteiger partial charge in [-0.05, 0) is 55.1 Å². The van der Waals surface area contributed by atoms with Crippen LogP contribution in [0.4, 0.5) is 5.69 Å². The number of nitrogens with zero attached hydrogens (tertiary/aromatic N) is 2. The molecule has 0 radical (unpaired) electrons. The number of unbranched alkanes of at least 4 members (excludes halogenated alkanes) is 1. The highest BCUT2D eigenvalue weighted by Gasteiger charge is 2.25. The second-order valence-corrected chi connectivity index (χ2v) is 10.2. The molecule has 0 bridgehead atoms. The summed E-state index contributed by atoms with van der Waals surface area (Å²) < 4.78 is 0. The van der Waals surface area contributed by atoms with E-state index in [2.05, 4.69) is 53.6 Å². The summed E-state index contributed by atoms with van der Waals surface area (Å²) in [6.07, 6.45) is 5.30. The Morgan fingerprint density at radius 3 is 2.57 bits per heavy atom. The van der Waals surface area contributed by atoms with E-state index in [0.717, 1.165) is 78.7 Å². The molecule has 184 valence electrons. The van der Waals surface area contributed by atoms with Crippen LogP contribution in [0.1, 0.15) is 66.5 Å². The fraction of sp³-hybridized carbons (Fsp3) is 0.393. The van der Waals surface area contributed by atoms with Gasteiger partial charge in [-0.2, -0.15) is 0 Å². The van der Waals surface area contributed by atoms with Crippen molar-refractivity contribution in [2.75, 3.05) is 25.0 Å². The second kappa shape index (κ2) is 12.3. The topological polar surface area (TPSA) is 57.3 Å². The maximum atomic E-state index is 13.1. The van der Waals surface area contributed by atoms with Crippen molar-refractivity contribution in [3.8, 4) is 11.1 Å². The second-order valence-electron chi connectivity index (χ2n) is 8.97. The number of anilines is 1. The van der Waals surface area contributed by atoms with Crippen molar-refractivity contribution in [3.63, 3.8) is 0 Å². The molecule has 2 N–H and O–H groups in total. The van der Waals surface area contributed by atoms with Crippen LogP contribution < -0.4 is 10.6 Å². The lowest BCUT2D eigenvalue weighted by molar-refractivity contribution is 0.102. The van der Waals surface area contributed by atoms with E-state index in [1.807, 2.05) is 29.6 Å². The van der Waals surface area contributed by atoms with E-state index in [1.54, 1.807) is 11.3 Å². The van der Waals surface area contributed by atoms with Gasteiger partial charge >= 0.3 is 0 Å². The van der Waals surface area contributed by atoms with E-state index >= 15 is 0 Å². The Morgan fingerprint density at radius 2 is 1.86 bits per heavy atom. The molecule has 5 nitrogen and oxygen atoms in total. The molecule has 0 aliphatic carbocycles. The summed E-state index contributed by atoms with van der Waals surface area (Å²) in [7, 11) is 0. The van der Waals surface area contributed by atoms with Crippen LogP contribution in [0.3, 0.4) is 0 Å². The first kappa shape index (κ1) is 25.3. The maximum Gasteiger partial charge on any atom is 0.275 e. The van der Waals surface area contributed by atoms with Gasteiger partial charge in [0.15, 0.2) is 5.11 Å². The van der Waals surface area contributed by atoms with Crippen molar-refractivity contribution < 1.29 is 4.79 Å². The van der Waals surface area contributed by atoms with Crippen LogP contribution in [0.5, 0.6) is 0 Å². The van der Waals surface area contributed by atoms with E-state index in [-0.39, 0.29) is 5.91 Å². The minimum absolute atomic E-state index is 0.163. The van der Waals surface area contributed by atoms with Gasteiger partial charge in [0.25, 0.3) is 5.91 Å². The number of nitrogens with one attached hydrogen (secondary N) is 2. The fourth-order valence-corrected chi connectivity index (χ4v) is 5.60. The molecule has 3 aromatic rings. The number of thiocarbonyl (C=S) groups is 1. The van der Waals surface area contributed by atoms with Crippen LogP contribution in [0.25, 0.3) is 11.1 Å². The molecule has 1 aliphatic rings. The molecule has 1 saturated heterocycles. The average molecular weight is 507 g/mol. The number of thiazole rings is 1. The number of aromatic nitrogens is 1. The predicted octanol–water partition coefficient (Wildman–Crippen LogP) is 6.48. The van der Waals surface area contributed by atoms with Crippen molar-refractivity contribution in [1.29, 1.82) is 0 Å². The molecule has 2 heterocycles. The lowest BCUT2D eigenvalue weighted by atomic mass is 9.98. The molecule has 35 heavy (non-hydrogen) atoms. The van der Waals surface area contributed by atoms with Crippen molar-refractivity contribution in [2.45, 2.75) is 51.9 Å². The number of aryl methyl sites for hydroxylation is 1. The largest absolute Gasteiger partial charge is 0.363 e. The first-order valence-corrected chi connectivity index (χ1v) is 13.9. The number of amides is 1. The summed E-state index contributed by atoms with van der Waals surface area (Å²) >= 11 is 7.14. The molecule has 0 saturated carbocycles. The van der Waals surface area contributed by atoms with Gasteiger partial charge < -0.3 is 15.5 Å². The third kappa shape index (κ3) is 6.47. The van der Waals surface area contributed by atoms with E-state index in [0.29, 0.717) is 11.6 Å². The van der Waals surface area contributed by atoms with Crippen LogP contribution in [-0.4, -0.2) is 40.5 Å². The van der Waals surface area contributed by atoms with E-state index in [4.69, 9.17) is 17.2 Å². The minimum Gasteiger partial charge on any atom is -0.363 e. The van der Waals surface area contributed by atoms with Crippen LogP contribution in [0, 0.1) is 0 Å². The Labute approximate surface area is 218 Å². The lowest BCUT2D eigenvalue weighted by Crippen LogP contribution is -2.44. The number of para-hydroxylation sites is 1. The van der Waals surface area contributed by atoms with Gasteiger partial charge in [0.2, 0.25) is 0 Å². The highest BCUT2D eigenvalue weighted by molar-refractivity contribution is 7.80. The Bertz CT molecular complexity index is 1130. The summed E-state index contributed by atoms with van der Waals surface area (Å²) in [5.41, 5.74) is 4.68. The molecular weight excluding hydrogens is 472 g/mol. The van der Waals surface area contributed by atoms with Crippen molar-refractivity contribution in [3.05, 3.63) is 70.2 Å². The zero-order valence-corrected chi connectivity index (χ0v) is 22.2. The van der Waals surface area contributed by atoms with Crippen LogP contribution in [-0.2, 0) is 6.42 Å². The average Bonchev–Trinajstić information content (AvgIpc) is 3.40. The summed E-state index contributed by atoms with van der Waals surface area (Å²) in [5.74, 6) is 0.212. The number of carbonyl (C=O) groups excluding carboxylic acids is 1. The van der Waals surface area contributed by atoms with Gasteiger partial charge in [0, 0.05) is 42.2 Å². The molecule has 4 rings (SSSR count). The quantitative estimate of drug-likeness (QED) is 0.271. The normalized spacial score (nSPS) is 14.1. The van der Waals surface area contributed by atoms with Gasteiger partial charge in [-0.25, -0.2) is 4.98 Å². The number of piperidine rings is 1. The standard InChI is InChI=1S/C28H34N4OS2/c1-3-5-16-29-28(34)32-17-14-22(15-18-32)27-31-25(19-35-27)26(33)30-24-9-7-6-8-23(24)21-12-10-20(4-2)11-13-21/h6-13,19,22H,3-5,14-18H2,1-2H3,(H,29,34)(H,30,33). The number of carbonyl (C=O) groups is 1. The van der Waals surface area contributed by atoms with Crippen molar-refractivity contribution in [1.82, 2.24) is 15.2 Å². The molecule has 0 spiro atoms. The van der Waals surface area contributed by atoms with Crippen LogP contribution in [0.15, 0.2) is 53.9 Å². The van der Waals surface area contributed by atoms with Crippen molar-refractivity contribution in [2.24, 2.45) is 0 Å².